The van der Waals surface area contributed by atoms with Crippen molar-refractivity contribution in [2.75, 3.05) is 19.6 Å². The molecule has 1 aliphatic heterocycles. The van der Waals surface area contributed by atoms with E-state index in [1.807, 2.05) is 0 Å². The molecule has 0 aromatic carbocycles. The summed E-state index contributed by atoms with van der Waals surface area (Å²) in [5.41, 5.74) is 7.08. The predicted octanol–water partition coefficient (Wildman–Crippen LogP) is 3.80. The highest BCUT2D eigenvalue weighted by Gasteiger charge is 2.42. The molecule has 1 saturated heterocycles. The fraction of sp³-hybridized carbons (Fsp3) is 1.00. The van der Waals surface area contributed by atoms with E-state index in [1.54, 1.807) is 0 Å². The van der Waals surface area contributed by atoms with Crippen LogP contribution in [0, 0.1) is 11.3 Å². The van der Waals surface area contributed by atoms with Crippen LogP contribution in [-0.2, 0) is 0 Å². The van der Waals surface area contributed by atoms with E-state index in [9.17, 15) is 0 Å². The van der Waals surface area contributed by atoms with Gasteiger partial charge in [0.15, 0.2) is 0 Å². The van der Waals surface area contributed by atoms with Gasteiger partial charge in [-0.25, -0.2) is 0 Å². The molecule has 2 fully saturated rings. The van der Waals surface area contributed by atoms with Gasteiger partial charge in [0.05, 0.1) is 0 Å². The monoisotopic (exact) mass is 266 g/mol. The Labute approximate surface area is 120 Å². The standard InChI is InChI=1S/C17H34N2/c1-4-16(2,3)15-8-10-17(14-18,11-9-15)19-12-6-5-7-13-19/h15H,4-14,18H2,1-3H3. The van der Waals surface area contributed by atoms with Crippen LogP contribution in [-0.4, -0.2) is 30.1 Å². The lowest BCUT2D eigenvalue weighted by atomic mass is 9.65. The van der Waals surface area contributed by atoms with Crippen LogP contribution in [0.1, 0.15) is 72.1 Å². The molecular weight excluding hydrogens is 232 g/mol. The minimum atomic E-state index is 0.348. The Bertz CT molecular complexity index is 271. The largest absolute Gasteiger partial charge is 0.329 e. The van der Waals surface area contributed by atoms with Crippen LogP contribution >= 0.6 is 0 Å². The summed E-state index contributed by atoms with van der Waals surface area (Å²) >= 11 is 0. The molecule has 1 heterocycles. The summed E-state index contributed by atoms with van der Waals surface area (Å²) in [6, 6.07) is 0. The van der Waals surface area contributed by atoms with E-state index in [0.717, 1.165) is 12.5 Å². The van der Waals surface area contributed by atoms with E-state index in [2.05, 4.69) is 25.7 Å². The summed E-state index contributed by atoms with van der Waals surface area (Å²) in [6.07, 6.45) is 10.9. The van der Waals surface area contributed by atoms with Gasteiger partial charge in [0.1, 0.15) is 0 Å². The third kappa shape index (κ3) is 3.16. The highest BCUT2D eigenvalue weighted by molar-refractivity contribution is 4.98. The summed E-state index contributed by atoms with van der Waals surface area (Å²) in [6.45, 7) is 10.7. The molecule has 1 saturated carbocycles. The third-order valence-electron chi connectivity index (χ3n) is 6.34. The quantitative estimate of drug-likeness (QED) is 0.838. The van der Waals surface area contributed by atoms with Crippen molar-refractivity contribution in [3.8, 4) is 0 Å². The Hall–Kier alpha value is -0.0800. The average molecular weight is 266 g/mol. The molecule has 0 unspecified atom stereocenters. The minimum absolute atomic E-state index is 0.348. The average Bonchev–Trinajstić information content (AvgIpc) is 2.48. The first-order valence-corrected chi connectivity index (χ1v) is 8.49. The van der Waals surface area contributed by atoms with Gasteiger partial charge in [-0.3, -0.25) is 4.90 Å². The van der Waals surface area contributed by atoms with Crippen LogP contribution in [0.4, 0.5) is 0 Å². The maximum Gasteiger partial charge on any atom is 0.0331 e. The molecular formula is C17H34N2. The van der Waals surface area contributed by atoms with Crippen LogP contribution in [0.25, 0.3) is 0 Å². The number of nitrogens with zero attached hydrogens (tertiary/aromatic N) is 1. The number of hydrogen-bond acceptors (Lipinski definition) is 2. The van der Waals surface area contributed by atoms with Gasteiger partial charge in [-0.1, -0.05) is 33.6 Å². The lowest BCUT2D eigenvalue weighted by Crippen LogP contribution is -2.57. The molecule has 0 bridgehead atoms. The summed E-state index contributed by atoms with van der Waals surface area (Å²) in [5, 5.41) is 0. The van der Waals surface area contributed by atoms with Crippen LogP contribution in [0.2, 0.25) is 0 Å². The van der Waals surface area contributed by atoms with Gasteiger partial charge >= 0.3 is 0 Å². The fourth-order valence-electron chi connectivity index (χ4n) is 4.24. The number of rotatable bonds is 4. The molecule has 0 aromatic rings. The van der Waals surface area contributed by atoms with E-state index >= 15 is 0 Å². The Morgan fingerprint density at radius 1 is 1.11 bits per heavy atom. The lowest BCUT2D eigenvalue weighted by Gasteiger charge is -2.51. The first kappa shape index (κ1) is 15.3. The SMILES string of the molecule is CCC(C)(C)C1CCC(CN)(N2CCCCC2)CC1. The molecule has 2 rings (SSSR count). The normalized spacial score (nSPS) is 34.4. The maximum atomic E-state index is 6.21. The van der Waals surface area contributed by atoms with Crippen LogP contribution in [0.15, 0.2) is 0 Å². The molecule has 112 valence electrons. The Morgan fingerprint density at radius 3 is 2.16 bits per heavy atom. The smallest absolute Gasteiger partial charge is 0.0331 e. The molecule has 0 radical (unpaired) electrons. The molecule has 19 heavy (non-hydrogen) atoms. The molecule has 1 aliphatic carbocycles. The second kappa shape index (κ2) is 6.13. The van der Waals surface area contributed by atoms with E-state index in [-0.39, 0.29) is 0 Å². The molecule has 0 amide bonds. The zero-order chi connectivity index (χ0) is 13.9. The van der Waals surface area contributed by atoms with Gasteiger partial charge in [0, 0.05) is 12.1 Å². The number of piperidine rings is 1. The number of likely N-dealkylation sites (tertiary alicyclic amines) is 1. The van der Waals surface area contributed by atoms with E-state index < -0.39 is 0 Å². The number of hydrogen-bond donors (Lipinski definition) is 1. The summed E-state index contributed by atoms with van der Waals surface area (Å²) in [4.78, 5) is 2.74. The summed E-state index contributed by atoms with van der Waals surface area (Å²) in [5.74, 6) is 0.905. The zero-order valence-electron chi connectivity index (χ0n) is 13.4. The van der Waals surface area contributed by atoms with Gasteiger partial charge in [-0.2, -0.15) is 0 Å². The van der Waals surface area contributed by atoms with Gasteiger partial charge in [0.2, 0.25) is 0 Å². The molecule has 2 nitrogen and oxygen atoms in total. The fourth-order valence-corrected chi connectivity index (χ4v) is 4.24. The Balaban J connectivity index is 1.98. The van der Waals surface area contributed by atoms with E-state index in [0.29, 0.717) is 11.0 Å². The van der Waals surface area contributed by atoms with Crippen molar-refractivity contribution >= 4 is 0 Å². The highest BCUT2D eigenvalue weighted by Crippen LogP contribution is 2.45. The van der Waals surface area contributed by atoms with Crippen molar-refractivity contribution in [2.45, 2.75) is 77.7 Å². The summed E-state index contributed by atoms with van der Waals surface area (Å²) in [7, 11) is 0. The van der Waals surface area contributed by atoms with Crippen LogP contribution in [0.5, 0.6) is 0 Å². The molecule has 2 aliphatic rings. The lowest BCUT2D eigenvalue weighted by molar-refractivity contribution is 0.00577. The van der Waals surface area contributed by atoms with Gasteiger partial charge in [-0.05, 0) is 62.9 Å². The highest BCUT2D eigenvalue weighted by atomic mass is 15.2. The molecule has 2 N–H and O–H groups in total. The second-order valence-electron chi connectivity index (χ2n) is 7.59. The topological polar surface area (TPSA) is 29.3 Å². The molecule has 0 spiro atoms. The minimum Gasteiger partial charge on any atom is -0.329 e. The zero-order valence-corrected chi connectivity index (χ0v) is 13.4. The van der Waals surface area contributed by atoms with Crippen molar-refractivity contribution in [1.82, 2.24) is 4.90 Å². The van der Waals surface area contributed by atoms with Crippen LogP contribution < -0.4 is 5.73 Å². The number of nitrogens with two attached hydrogens (primary N) is 1. The third-order valence-corrected chi connectivity index (χ3v) is 6.34. The summed E-state index contributed by atoms with van der Waals surface area (Å²) < 4.78 is 0. The molecule has 0 aromatic heterocycles. The maximum absolute atomic E-state index is 6.21. The van der Waals surface area contributed by atoms with Crippen LogP contribution in [0.3, 0.4) is 0 Å². The van der Waals surface area contributed by atoms with Gasteiger partial charge in [0.25, 0.3) is 0 Å². The Morgan fingerprint density at radius 2 is 1.68 bits per heavy atom. The predicted molar refractivity (Wildman–Crippen MR) is 83.2 cm³/mol. The first-order chi connectivity index (χ1) is 9.04. The van der Waals surface area contributed by atoms with Crippen molar-refractivity contribution in [3.63, 3.8) is 0 Å². The van der Waals surface area contributed by atoms with Gasteiger partial charge < -0.3 is 5.73 Å². The van der Waals surface area contributed by atoms with Crippen molar-refractivity contribution in [1.29, 1.82) is 0 Å². The van der Waals surface area contributed by atoms with Crippen molar-refractivity contribution in [2.24, 2.45) is 17.1 Å². The van der Waals surface area contributed by atoms with E-state index in [1.165, 1.54) is 64.5 Å². The van der Waals surface area contributed by atoms with Crippen molar-refractivity contribution < 1.29 is 0 Å². The first-order valence-electron chi connectivity index (χ1n) is 8.49. The molecule has 0 atom stereocenters. The van der Waals surface area contributed by atoms with Gasteiger partial charge in [-0.15, -0.1) is 0 Å². The second-order valence-corrected chi connectivity index (χ2v) is 7.59. The van der Waals surface area contributed by atoms with E-state index in [4.69, 9.17) is 5.73 Å². The molecule has 2 heteroatoms. The Kier molecular flexibility index (Phi) is 4.94. The van der Waals surface area contributed by atoms with Crippen molar-refractivity contribution in [3.05, 3.63) is 0 Å².